The molecule has 130 valence electrons. The van der Waals surface area contributed by atoms with E-state index in [4.69, 9.17) is 4.98 Å². The van der Waals surface area contributed by atoms with Gasteiger partial charge in [-0.3, -0.25) is 9.19 Å². The highest BCUT2D eigenvalue weighted by Crippen LogP contribution is 2.34. The molecule has 0 bridgehead atoms. The zero-order chi connectivity index (χ0) is 17.3. The average molecular weight is 365 g/mol. The second kappa shape index (κ2) is 7.37. The Labute approximate surface area is 150 Å². The Morgan fingerprint density at radius 3 is 2.67 bits per heavy atom. The number of aromatic nitrogens is 2. The third kappa shape index (κ3) is 3.58. The molecule has 1 aliphatic heterocycles. The van der Waals surface area contributed by atoms with Crippen molar-refractivity contribution in [3.05, 3.63) is 29.7 Å². The SMILES string of the molecule is CCS(=O)CSN1CN(c2ncc(C(C)C)c3cc(C)ncc23)C1. The van der Waals surface area contributed by atoms with Crippen LogP contribution in [0.4, 0.5) is 5.82 Å². The maximum atomic E-state index is 11.5. The molecule has 0 amide bonds. The van der Waals surface area contributed by atoms with E-state index >= 15 is 0 Å². The molecule has 24 heavy (non-hydrogen) atoms. The summed E-state index contributed by atoms with van der Waals surface area (Å²) in [7, 11) is -0.727. The summed E-state index contributed by atoms with van der Waals surface area (Å²) in [4.78, 5) is 11.4. The van der Waals surface area contributed by atoms with Crippen molar-refractivity contribution in [1.82, 2.24) is 14.3 Å². The smallest absolute Gasteiger partial charge is 0.140 e. The summed E-state index contributed by atoms with van der Waals surface area (Å²) in [5, 5.41) is 3.04. The van der Waals surface area contributed by atoms with Crippen LogP contribution in [0.2, 0.25) is 0 Å². The van der Waals surface area contributed by atoms with Crippen molar-refractivity contribution in [3.63, 3.8) is 0 Å². The van der Waals surface area contributed by atoms with Crippen molar-refractivity contribution in [2.75, 3.05) is 29.1 Å². The van der Waals surface area contributed by atoms with Gasteiger partial charge in [-0.1, -0.05) is 32.7 Å². The van der Waals surface area contributed by atoms with Crippen LogP contribution in [-0.2, 0) is 10.8 Å². The fourth-order valence-electron chi connectivity index (χ4n) is 2.73. The fraction of sp³-hybridized carbons (Fsp3) is 0.529. The minimum Gasteiger partial charge on any atom is -0.328 e. The number of fused-ring (bicyclic) bond motifs is 1. The molecule has 3 heterocycles. The first-order valence-electron chi connectivity index (χ1n) is 8.22. The molecule has 0 aliphatic carbocycles. The highest BCUT2D eigenvalue weighted by Gasteiger charge is 2.28. The van der Waals surface area contributed by atoms with Gasteiger partial charge < -0.3 is 4.90 Å². The van der Waals surface area contributed by atoms with E-state index in [9.17, 15) is 4.21 Å². The van der Waals surface area contributed by atoms with Crippen LogP contribution >= 0.6 is 11.9 Å². The van der Waals surface area contributed by atoms with Crippen molar-refractivity contribution >= 4 is 39.3 Å². The standard InChI is InChI=1S/C17H24N4OS2/c1-5-24(22)11-23-21-9-20(10-21)17-16-8-18-13(4)6-14(16)15(7-19-17)12(2)3/h6-8,12H,5,9-11H2,1-4H3. The predicted molar refractivity (Wildman–Crippen MR) is 104 cm³/mol. The second-order valence-electron chi connectivity index (χ2n) is 6.34. The van der Waals surface area contributed by atoms with Crippen LogP contribution in [0.25, 0.3) is 10.8 Å². The molecule has 0 spiro atoms. The van der Waals surface area contributed by atoms with Gasteiger partial charge in [0.25, 0.3) is 0 Å². The predicted octanol–water partition coefficient (Wildman–Crippen LogP) is 3.47. The van der Waals surface area contributed by atoms with E-state index in [2.05, 4.69) is 34.1 Å². The molecular formula is C17H24N4OS2. The van der Waals surface area contributed by atoms with Gasteiger partial charge in [0.2, 0.25) is 0 Å². The van der Waals surface area contributed by atoms with Gasteiger partial charge in [0.15, 0.2) is 0 Å². The minimum absolute atomic E-state index is 0.434. The monoisotopic (exact) mass is 364 g/mol. The molecule has 5 nitrogen and oxygen atoms in total. The Morgan fingerprint density at radius 2 is 2.00 bits per heavy atom. The molecular weight excluding hydrogens is 340 g/mol. The average Bonchev–Trinajstić information content (AvgIpc) is 2.52. The van der Waals surface area contributed by atoms with Crippen LogP contribution < -0.4 is 4.90 Å². The third-order valence-electron chi connectivity index (χ3n) is 4.19. The van der Waals surface area contributed by atoms with Crippen molar-refractivity contribution in [1.29, 1.82) is 0 Å². The number of hydrogen-bond donors (Lipinski definition) is 0. The van der Waals surface area contributed by atoms with E-state index in [1.54, 1.807) is 11.9 Å². The molecule has 3 rings (SSSR count). The van der Waals surface area contributed by atoms with Gasteiger partial charge in [0.1, 0.15) is 5.82 Å². The number of hydrogen-bond acceptors (Lipinski definition) is 6. The van der Waals surface area contributed by atoms with Crippen LogP contribution in [0.1, 0.15) is 37.9 Å². The molecule has 1 saturated heterocycles. The Kier molecular flexibility index (Phi) is 5.42. The Hall–Kier alpha value is -1.18. The first-order chi connectivity index (χ1) is 11.5. The third-order valence-corrected chi connectivity index (χ3v) is 6.90. The molecule has 2 aromatic rings. The zero-order valence-corrected chi connectivity index (χ0v) is 16.3. The summed E-state index contributed by atoms with van der Waals surface area (Å²) in [5.41, 5.74) is 2.30. The van der Waals surface area contributed by atoms with Crippen molar-refractivity contribution in [2.24, 2.45) is 0 Å². The van der Waals surface area contributed by atoms with Crippen molar-refractivity contribution < 1.29 is 4.21 Å². The normalized spacial score (nSPS) is 16.6. The van der Waals surface area contributed by atoms with Crippen LogP contribution in [-0.4, -0.2) is 42.7 Å². The molecule has 0 aromatic carbocycles. The van der Waals surface area contributed by atoms with Gasteiger partial charge in [-0.15, -0.1) is 0 Å². The lowest BCUT2D eigenvalue weighted by Gasteiger charge is -2.42. The van der Waals surface area contributed by atoms with Gasteiger partial charge in [-0.25, -0.2) is 9.29 Å². The lowest BCUT2D eigenvalue weighted by molar-refractivity contribution is 0.344. The molecule has 1 atom stereocenters. The van der Waals surface area contributed by atoms with E-state index in [1.807, 2.05) is 26.2 Å². The molecule has 1 aliphatic rings. The molecule has 1 fully saturated rings. The van der Waals surface area contributed by atoms with Gasteiger partial charge in [0, 0.05) is 40.0 Å². The minimum atomic E-state index is -0.727. The van der Waals surface area contributed by atoms with E-state index in [1.165, 1.54) is 10.9 Å². The van der Waals surface area contributed by atoms with E-state index < -0.39 is 10.8 Å². The van der Waals surface area contributed by atoms with Crippen LogP contribution in [0, 0.1) is 6.92 Å². The summed E-state index contributed by atoms with van der Waals surface area (Å²) in [6.45, 7) is 9.99. The van der Waals surface area contributed by atoms with Crippen molar-refractivity contribution in [2.45, 2.75) is 33.6 Å². The number of rotatable bonds is 6. The number of nitrogens with zero attached hydrogens (tertiary/aromatic N) is 4. The lowest BCUT2D eigenvalue weighted by atomic mass is 9.98. The van der Waals surface area contributed by atoms with Crippen LogP contribution in [0.3, 0.4) is 0 Å². The maximum absolute atomic E-state index is 11.5. The molecule has 0 saturated carbocycles. The largest absolute Gasteiger partial charge is 0.328 e. The summed E-state index contributed by atoms with van der Waals surface area (Å²) >= 11 is 1.66. The number of anilines is 1. The lowest BCUT2D eigenvalue weighted by Crippen LogP contribution is -2.52. The van der Waals surface area contributed by atoms with E-state index in [0.717, 1.165) is 36.0 Å². The van der Waals surface area contributed by atoms with E-state index in [-0.39, 0.29) is 0 Å². The molecule has 1 unspecified atom stereocenters. The van der Waals surface area contributed by atoms with Crippen molar-refractivity contribution in [3.8, 4) is 0 Å². The molecule has 0 N–H and O–H groups in total. The van der Waals surface area contributed by atoms with E-state index in [0.29, 0.717) is 11.0 Å². The topological polar surface area (TPSA) is 49.3 Å². The first-order valence-corrected chi connectivity index (χ1v) is 10.7. The second-order valence-corrected chi connectivity index (χ2v) is 9.52. The Balaban J connectivity index is 1.80. The summed E-state index contributed by atoms with van der Waals surface area (Å²) in [6, 6.07) is 2.16. The highest BCUT2D eigenvalue weighted by atomic mass is 32.2. The summed E-state index contributed by atoms with van der Waals surface area (Å²) in [6.07, 6.45) is 3.95. The summed E-state index contributed by atoms with van der Waals surface area (Å²) < 4.78 is 13.8. The van der Waals surface area contributed by atoms with Crippen LogP contribution in [0.15, 0.2) is 18.5 Å². The van der Waals surface area contributed by atoms with Gasteiger partial charge in [-0.05, 0) is 29.9 Å². The molecule has 7 heteroatoms. The van der Waals surface area contributed by atoms with Gasteiger partial charge in [0.05, 0.1) is 18.4 Å². The Morgan fingerprint density at radius 1 is 1.25 bits per heavy atom. The van der Waals surface area contributed by atoms with Gasteiger partial charge >= 0.3 is 0 Å². The highest BCUT2D eigenvalue weighted by molar-refractivity contribution is 8.08. The van der Waals surface area contributed by atoms with Crippen LogP contribution in [0.5, 0.6) is 0 Å². The first kappa shape index (κ1) is 17.6. The quantitative estimate of drug-likeness (QED) is 0.732. The molecule has 0 radical (unpaired) electrons. The molecule has 2 aromatic heterocycles. The Bertz CT molecular complexity index is 760. The maximum Gasteiger partial charge on any atom is 0.140 e. The van der Waals surface area contributed by atoms with Gasteiger partial charge in [-0.2, -0.15) is 0 Å². The number of aryl methyl sites for hydroxylation is 1. The summed E-state index contributed by atoms with van der Waals surface area (Å²) in [5.74, 6) is 2.15. The zero-order valence-electron chi connectivity index (χ0n) is 14.7. The number of pyridine rings is 2. The fourth-order valence-corrected chi connectivity index (χ4v) is 4.91.